The van der Waals surface area contributed by atoms with Crippen LogP contribution in [0.25, 0.3) is 6.08 Å². The van der Waals surface area contributed by atoms with Crippen molar-refractivity contribution in [3.63, 3.8) is 0 Å². The first-order valence-corrected chi connectivity index (χ1v) is 9.85. The largest absolute Gasteiger partial charge is 0.492 e. The predicted molar refractivity (Wildman–Crippen MR) is 118 cm³/mol. The highest BCUT2D eigenvalue weighted by Crippen LogP contribution is 2.32. The number of ether oxygens (including phenoxy) is 1. The van der Waals surface area contributed by atoms with Gasteiger partial charge in [-0.1, -0.05) is 23.8 Å². The second-order valence-corrected chi connectivity index (χ2v) is 7.16. The van der Waals surface area contributed by atoms with E-state index in [4.69, 9.17) is 4.74 Å². The monoisotopic (exact) mass is 405 g/mol. The molecule has 0 saturated heterocycles. The number of nitrogens with zero attached hydrogens (tertiary/aromatic N) is 2. The fraction of sp³-hybridized carbons (Fsp3) is 0.217. The highest BCUT2D eigenvalue weighted by Gasteiger charge is 2.17. The smallest absolute Gasteiger partial charge is 0.229 e. The number of allylic oxidation sites excluding steroid dienone is 1. The maximum Gasteiger partial charge on any atom is 0.229 e. The third kappa shape index (κ3) is 4.58. The second-order valence-electron chi connectivity index (χ2n) is 7.16. The van der Waals surface area contributed by atoms with E-state index in [0.29, 0.717) is 29.6 Å². The quantitative estimate of drug-likeness (QED) is 0.474. The van der Waals surface area contributed by atoms with E-state index < -0.39 is 0 Å². The average molecular weight is 405 g/mol. The minimum atomic E-state index is -0.260. The van der Waals surface area contributed by atoms with Crippen molar-refractivity contribution >= 4 is 29.2 Å². The number of likely N-dealkylation sites (N-methyl/N-ethyl adjacent to an activating group) is 1. The molecule has 3 aromatic rings. The van der Waals surface area contributed by atoms with Gasteiger partial charge in [0.25, 0.3) is 0 Å². The topological polar surface area (TPSA) is 71.1 Å². The lowest BCUT2D eigenvalue weighted by Gasteiger charge is -2.12. The number of hydrogen-bond acceptors (Lipinski definition) is 6. The van der Waals surface area contributed by atoms with Crippen LogP contribution in [-0.2, 0) is 6.42 Å². The fourth-order valence-corrected chi connectivity index (χ4v) is 3.33. The Morgan fingerprint density at radius 1 is 1.13 bits per heavy atom. The van der Waals surface area contributed by atoms with Crippen molar-refractivity contribution in [1.29, 1.82) is 0 Å². The van der Waals surface area contributed by atoms with E-state index in [9.17, 15) is 4.39 Å². The van der Waals surface area contributed by atoms with Gasteiger partial charge in [-0.15, -0.1) is 0 Å². The van der Waals surface area contributed by atoms with Crippen LogP contribution in [0.15, 0.2) is 54.2 Å². The van der Waals surface area contributed by atoms with Crippen molar-refractivity contribution in [3.05, 3.63) is 71.2 Å². The van der Waals surface area contributed by atoms with Crippen LogP contribution < -0.4 is 20.7 Å². The minimum Gasteiger partial charge on any atom is -0.492 e. The molecule has 1 heterocycles. The number of rotatable bonds is 8. The van der Waals surface area contributed by atoms with Gasteiger partial charge in [0.1, 0.15) is 18.2 Å². The molecule has 4 rings (SSSR count). The summed E-state index contributed by atoms with van der Waals surface area (Å²) in [5.74, 6) is 1.41. The van der Waals surface area contributed by atoms with Crippen LogP contribution in [0.3, 0.4) is 0 Å². The molecule has 0 unspecified atom stereocenters. The molecule has 1 aromatic heterocycles. The van der Waals surface area contributed by atoms with Crippen LogP contribution in [0.5, 0.6) is 5.75 Å². The molecule has 0 fully saturated rings. The Morgan fingerprint density at radius 3 is 2.90 bits per heavy atom. The molecule has 0 spiro atoms. The summed E-state index contributed by atoms with van der Waals surface area (Å²) >= 11 is 0. The molecule has 0 atom stereocenters. The van der Waals surface area contributed by atoms with Gasteiger partial charge in [0.05, 0.1) is 5.69 Å². The number of hydrogen-bond donors (Lipinski definition) is 3. The van der Waals surface area contributed by atoms with E-state index in [1.165, 1.54) is 0 Å². The highest BCUT2D eigenvalue weighted by atomic mass is 19.1. The maximum absolute atomic E-state index is 14.9. The number of benzene rings is 2. The van der Waals surface area contributed by atoms with Gasteiger partial charge < -0.3 is 20.7 Å². The summed E-state index contributed by atoms with van der Waals surface area (Å²) in [4.78, 5) is 8.71. The molecule has 0 saturated carbocycles. The van der Waals surface area contributed by atoms with Gasteiger partial charge in [0.15, 0.2) is 5.82 Å². The lowest BCUT2D eigenvalue weighted by atomic mass is 10.1. The van der Waals surface area contributed by atoms with E-state index in [0.717, 1.165) is 35.5 Å². The highest BCUT2D eigenvalue weighted by molar-refractivity contribution is 5.71. The molecule has 7 heteroatoms. The Labute approximate surface area is 175 Å². The normalized spacial score (nSPS) is 12.3. The van der Waals surface area contributed by atoms with Crippen molar-refractivity contribution in [2.45, 2.75) is 13.3 Å². The Hall–Kier alpha value is -3.45. The Kier molecular flexibility index (Phi) is 5.90. The molecule has 154 valence electrons. The Bertz CT molecular complexity index is 1080. The summed E-state index contributed by atoms with van der Waals surface area (Å²) < 4.78 is 20.6. The first-order chi connectivity index (χ1) is 14.6. The lowest BCUT2D eigenvalue weighted by molar-refractivity contribution is 0.318. The summed E-state index contributed by atoms with van der Waals surface area (Å²) in [7, 11) is 1.88. The van der Waals surface area contributed by atoms with Gasteiger partial charge in [-0.25, -0.2) is 9.37 Å². The molecule has 1 aliphatic rings. The second kappa shape index (κ2) is 8.92. The average Bonchev–Trinajstić information content (AvgIpc) is 3.12. The van der Waals surface area contributed by atoms with Gasteiger partial charge >= 0.3 is 0 Å². The van der Waals surface area contributed by atoms with Gasteiger partial charge in [-0.3, -0.25) is 0 Å². The van der Waals surface area contributed by atoms with Crippen molar-refractivity contribution < 1.29 is 9.13 Å². The number of halogens is 1. The van der Waals surface area contributed by atoms with Crippen LogP contribution in [0.4, 0.5) is 27.5 Å². The number of aromatic nitrogens is 2. The molecule has 3 N–H and O–H groups in total. The van der Waals surface area contributed by atoms with E-state index in [1.54, 1.807) is 18.3 Å². The first-order valence-electron chi connectivity index (χ1n) is 9.85. The molecule has 0 aliphatic heterocycles. The van der Waals surface area contributed by atoms with Crippen LogP contribution in [0, 0.1) is 5.82 Å². The van der Waals surface area contributed by atoms with Gasteiger partial charge in [-0.05, 0) is 50.2 Å². The SMILES string of the molecule is CNCCOc1cccc(Nc2nccc(Nc3ccc4c(c3F)C=C(C)C4)n2)c1. The van der Waals surface area contributed by atoms with Crippen molar-refractivity contribution in [2.24, 2.45) is 0 Å². The van der Waals surface area contributed by atoms with Gasteiger partial charge in [0, 0.05) is 30.1 Å². The number of nitrogens with one attached hydrogen (secondary N) is 3. The molecular weight excluding hydrogens is 381 g/mol. The van der Waals surface area contributed by atoms with Gasteiger partial charge in [0.2, 0.25) is 5.95 Å². The van der Waals surface area contributed by atoms with Crippen LogP contribution in [0.1, 0.15) is 18.1 Å². The molecule has 30 heavy (non-hydrogen) atoms. The third-order valence-electron chi connectivity index (χ3n) is 4.76. The zero-order valence-corrected chi connectivity index (χ0v) is 17.0. The molecule has 2 aromatic carbocycles. The van der Waals surface area contributed by atoms with Crippen molar-refractivity contribution in [2.75, 3.05) is 30.8 Å². The number of fused-ring (bicyclic) bond motifs is 1. The van der Waals surface area contributed by atoms with Crippen molar-refractivity contribution in [3.8, 4) is 5.75 Å². The molecule has 0 radical (unpaired) electrons. The Balaban J connectivity index is 1.48. The molecular formula is C23H24FN5O. The van der Waals surface area contributed by atoms with Crippen LogP contribution in [0.2, 0.25) is 0 Å². The summed E-state index contributed by atoms with van der Waals surface area (Å²) in [6.45, 7) is 3.36. The van der Waals surface area contributed by atoms with Crippen molar-refractivity contribution in [1.82, 2.24) is 15.3 Å². The lowest BCUT2D eigenvalue weighted by Crippen LogP contribution is -2.15. The summed E-state index contributed by atoms with van der Waals surface area (Å²) in [6.07, 6.45) is 4.32. The summed E-state index contributed by atoms with van der Waals surface area (Å²) in [5, 5.41) is 9.26. The minimum absolute atomic E-state index is 0.260. The first kappa shape index (κ1) is 19.8. The Morgan fingerprint density at radius 2 is 2.03 bits per heavy atom. The van der Waals surface area contributed by atoms with E-state index in [-0.39, 0.29) is 5.82 Å². The third-order valence-corrected chi connectivity index (χ3v) is 4.76. The predicted octanol–water partition coefficient (Wildman–Crippen LogP) is 4.66. The van der Waals surface area contributed by atoms with Crippen LogP contribution in [-0.4, -0.2) is 30.2 Å². The van der Waals surface area contributed by atoms with Gasteiger partial charge in [-0.2, -0.15) is 4.98 Å². The zero-order chi connectivity index (χ0) is 20.9. The van der Waals surface area contributed by atoms with Crippen LogP contribution >= 0.6 is 0 Å². The zero-order valence-electron chi connectivity index (χ0n) is 17.0. The molecule has 0 bridgehead atoms. The molecule has 6 nitrogen and oxygen atoms in total. The molecule has 1 aliphatic carbocycles. The number of anilines is 4. The molecule has 0 amide bonds. The van der Waals surface area contributed by atoms with E-state index in [2.05, 4.69) is 25.9 Å². The fourth-order valence-electron chi connectivity index (χ4n) is 3.33. The maximum atomic E-state index is 14.9. The summed E-state index contributed by atoms with van der Waals surface area (Å²) in [5.41, 5.74) is 4.02. The van der Waals surface area contributed by atoms with E-state index >= 15 is 0 Å². The summed E-state index contributed by atoms with van der Waals surface area (Å²) in [6, 6.07) is 13.0. The van der Waals surface area contributed by atoms with E-state index in [1.807, 2.05) is 50.4 Å². The standard InChI is InChI=1S/C23H24FN5O/c1-15-12-16-6-7-20(22(24)19(16)13-15)28-21-8-9-26-23(29-21)27-17-4-3-5-18(14-17)30-11-10-25-2/h3-9,13-14,25H,10-12H2,1-2H3,(H2,26,27,28,29).